The highest BCUT2D eigenvalue weighted by atomic mass is 32.1. The number of carbonyl (C=O) groups excluding carboxylic acids is 2. The van der Waals surface area contributed by atoms with Gasteiger partial charge in [-0.3, -0.25) is 4.79 Å². The number of urea groups is 1. The van der Waals surface area contributed by atoms with Crippen molar-refractivity contribution in [2.75, 3.05) is 32.5 Å². The molecule has 1 aliphatic heterocycles. The topological polar surface area (TPSA) is 93.4 Å². The van der Waals surface area contributed by atoms with Gasteiger partial charge in [0.25, 0.3) is 0 Å². The molecule has 0 aliphatic carbocycles. The van der Waals surface area contributed by atoms with E-state index in [-0.39, 0.29) is 17.9 Å². The maximum atomic E-state index is 13.7. The van der Waals surface area contributed by atoms with E-state index < -0.39 is 6.04 Å². The highest BCUT2D eigenvalue weighted by molar-refractivity contribution is 7.13. The lowest BCUT2D eigenvalue weighted by atomic mass is 9.87. The summed E-state index contributed by atoms with van der Waals surface area (Å²) >= 11 is 1.40. The number of hydrogen-bond acceptors (Lipinski definition) is 5. The molecule has 2 atom stereocenters. The molecule has 0 radical (unpaired) electrons. The second kappa shape index (κ2) is 12.2. The summed E-state index contributed by atoms with van der Waals surface area (Å²) in [5, 5.41) is 9.60. The van der Waals surface area contributed by atoms with Gasteiger partial charge in [0.05, 0.1) is 5.69 Å². The normalized spacial score (nSPS) is 15.8. The van der Waals surface area contributed by atoms with Gasteiger partial charge in [-0.1, -0.05) is 49.4 Å². The van der Waals surface area contributed by atoms with Crippen LogP contribution in [0.1, 0.15) is 54.0 Å². The summed E-state index contributed by atoms with van der Waals surface area (Å²) in [6, 6.07) is 15.5. The Bertz CT molecular complexity index is 1470. The number of H-pyrrole nitrogens is 1. The summed E-state index contributed by atoms with van der Waals surface area (Å²) in [5.74, 6) is -0.103. The summed E-state index contributed by atoms with van der Waals surface area (Å²) in [6.45, 7) is 6.14. The SMILES string of the molecule is Cc1ccccc1C1CCN(C(=O)N[C@@H](C(=O)Nc2nc(CN(C)C)cs2)[C@@H](C)c2c[nH]c3ccccc23)CC1. The third-order valence-corrected chi connectivity index (χ3v) is 8.65. The zero-order valence-electron chi connectivity index (χ0n) is 23.6. The van der Waals surface area contributed by atoms with Gasteiger partial charge in [0.2, 0.25) is 5.91 Å². The molecule has 3 heterocycles. The van der Waals surface area contributed by atoms with E-state index in [9.17, 15) is 9.59 Å². The number of likely N-dealkylation sites (tertiary alicyclic amines) is 1. The molecule has 0 bridgehead atoms. The number of hydrogen-bond donors (Lipinski definition) is 3. The average Bonchev–Trinajstić information content (AvgIpc) is 3.58. The second-order valence-corrected chi connectivity index (χ2v) is 11.9. The highest BCUT2D eigenvalue weighted by Crippen LogP contribution is 2.31. The van der Waals surface area contributed by atoms with Crippen LogP contribution in [0.25, 0.3) is 10.9 Å². The van der Waals surface area contributed by atoms with Crippen LogP contribution in [-0.4, -0.2) is 64.9 Å². The Morgan fingerprint density at radius 1 is 1.12 bits per heavy atom. The Morgan fingerprint density at radius 2 is 1.85 bits per heavy atom. The van der Waals surface area contributed by atoms with Gasteiger partial charge < -0.3 is 25.4 Å². The van der Waals surface area contributed by atoms with Gasteiger partial charge in [0, 0.05) is 48.0 Å². The molecular formula is C31H38N6O2S. The zero-order chi connectivity index (χ0) is 28.2. The molecule has 1 fully saturated rings. The maximum Gasteiger partial charge on any atom is 0.318 e. The largest absolute Gasteiger partial charge is 0.361 e. The van der Waals surface area contributed by atoms with Crippen molar-refractivity contribution in [2.45, 2.75) is 51.1 Å². The van der Waals surface area contributed by atoms with E-state index in [2.05, 4.69) is 51.8 Å². The minimum absolute atomic E-state index is 0.206. The molecule has 2 aromatic carbocycles. The Hall–Kier alpha value is -3.69. The first-order chi connectivity index (χ1) is 19.3. The lowest BCUT2D eigenvalue weighted by molar-refractivity contribution is -0.118. The lowest BCUT2D eigenvalue weighted by Gasteiger charge is -2.34. The van der Waals surface area contributed by atoms with Crippen molar-refractivity contribution >= 4 is 39.3 Å². The number of aromatic nitrogens is 2. The summed E-state index contributed by atoms with van der Waals surface area (Å²) < 4.78 is 0. The molecule has 3 amide bonds. The van der Waals surface area contributed by atoms with Gasteiger partial charge in [0.1, 0.15) is 6.04 Å². The van der Waals surface area contributed by atoms with Gasteiger partial charge in [-0.2, -0.15) is 0 Å². The number of benzene rings is 2. The standard InChI is InChI=1S/C31H38N6O2S/c1-20-9-5-6-10-24(20)22-13-15-37(16-14-22)31(39)34-28(21(2)26-17-32-27-12-8-7-11-25(26)27)29(38)35-30-33-23(19-40-30)18-36(3)4/h5-12,17,19,21-22,28,32H,13-16,18H2,1-4H3,(H,34,39)(H,33,35,38)/t21-,28+/m0/s1. The van der Waals surface area contributed by atoms with E-state index in [0.717, 1.165) is 35.0 Å². The Labute approximate surface area is 239 Å². The predicted octanol–water partition coefficient (Wildman–Crippen LogP) is 5.69. The maximum absolute atomic E-state index is 13.7. The van der Waals surface area contributed by atoms with E-state index in [1.54, 1.807) is 0 Å². The van der Waals surface area contributed by atoms with Gasteiger partial charge in [-0.15, -0.1) is 11.3 Å². The molecule has 1 aliphatic rings. The average molecular weight is 559 g/mol. The van der Waals surface area contributed by atoms with Crippen molar-refractivity contribution < 1.29 is 9.59 Å². The molecule has 8 nitrogen and oxygen atoms in total. The molecule has 9 heteroatoms. The fourth-order valence-corrected chi connectivity index (χ4v) is 6.38. The van der Waals surface area contributed by atoms with Gasteiger partial charge >= 0.3 is 6.03 Å². The van der Waals surface area contributed by atoms with Crippen molar-refractivity contribution in [1.82, 2.24) is 25.1 Å². The first-order valence-electron chi connectivity index (χ1n) is 13.9. The first kappa shape index (κ1) is 27.9. The number of aromatic amines is 1. The smallest absolute Gasteiger partial charge is 0.318 e. The van der Waals surface area contributed by atoms with Crippen molar-refractivity contribution in [1.29, 1.82) is 0 Å². The van der Waals surface area contributed by atoms with Crippen LogP contribution in [0.15, 0.2) is 60.1 Å². The molecule has 4 aromatic rings. The van der Waals surface area contributed by atoms with Crippen LogP contribution in [0.5, 0.6) is 0 Å². The highest BCUT2D eigenvalue weighted by Gasteiger charge is 2.33. The van der Waals surface area contributed by atoms with E-state index in [1.807, 2.05) is 66.7 Å². The molecule has 5 rings (SSSR count). The van der Waals surface area contributed by atoms with Crippen LogP contribution < -0.4 is 10.6 Å². The second-order valence-electron chi connectivity index (χ2n) is 11.0. The molecule has 0 unspecified atom stereocenters. The van der Waals surface area contributed by atoms with Crippen LogP contribution in [0.2, 0.25) is 0 Å². The molecule has 0 saturated carbocycles. The van der Waals surface area contributed by atoms with E-state index in [4.69, 9.17) is 0 Å². The zero-order valence-corrected chi connectivity index (χ0v) is 24.4. The minimum Gasteiger partial charge on any atom is -0.361 e. The summed E-state index contributed by atoms with van der Waals surface area (Å²) in [7, 11) is 3.96. The number of anilines is 1. The molecule has 40 heavy (non-hydrogen) atoms. The fraction of sp³-hybridized carbons (Fsp3) is 0.387. The summed E-state index contributed by atoms with van der Waals surface area (Å²) in [4.78, 5) is 39.0. The third kappa shape index (κ3) is 6.21. The Kier molecular flexibility index (Phi) is 8.52. The van der Waals surface area contributed by atoms with Crippen LogP contribution in [0.4, 0.5) is 9.93 Å². The fourth-order valence-electron chi connectivity index (χ4n) is 5.67. The molecule has 3 N–H and O–H groups in total. The number of nitrogens with zero attached hydrogens (tertiary/aromatic N) is 3. The van der Waals surface area contributed by atoms with Crippen LogP contribution in [0, 0.1) is 6.92 Å². The third-order valence-electron chi connectivity index (χ3n) is 7.84. The van der Waals surface area contributed by atoms with Crippen molar-refractivity contribution in [2.24, 2.45) is 0 Å². The molecule has 210 valence electrons. The summed E-state index contributed by atoms with van der Waals surface area (Å²) in [5.41, 5.74) is 5.55. The van der Waals surface area contributed by atoms with E-state index in [0.29, 0.717) is 30.7 Å². The number of para-hydroxylation sites is 1. The lowest BCUT2D eigenvalue weighted by Crippen LogP contribution is -2.53. The molecule has 2 aromatic heterocycles. The van der Waals surface area contributed by atoms with Crippen LogP contribution in [0.3, 0.4) is 0 Å². The van der Waals surface area contributed by atoms with Crippen molar-refractivity contribution in [3.8, 4) is 0 Å². The van der Waals surface area contributed by atoms with Gasteiger partial charge in [0.15, 0.2) is 5.13 Å². The van der Waals surface area contributed by atoms with Crippen LogP contribution >= 0.6 is 11.3 Å². The summed E-state index contributed by atoms with van der Waals surface area (Å²) in [6.07, 6.45) is 3.75. The number of amides is 3. The van der Waals surface area contributed by atoms with E-state index in [1.165, 1.54) is 22.5 Å². The Morgan fingerprint density at radius 3 is 2.60 bits per heavy atom. The minimum atomic E-state index is -0.776. The van der Waals surface area contributed by atoms with E-state index >= 15 is 0 Å². The monoisotopic (exact) mass is 558 g/mol. The molecule has 1 saturated heterocycles. The predicted molar refractivity (Wildman–Crippen MR) is 162 cm³/mol. The van der Waals surface area contributed by atoms with Crippen molar-refractivity contribution in [3.63, 3.8) is 0 Å². The number of fused-ring (bicyclic) bond motifs is 1. The van der Waals surface area contributed by atoms with Crippen LogP contribution in [-0.2, 0) is 11.3 Å². The van der Waals surface area contributed by atoms with Crippen molar-refractivity contribution in [3.05, 3.63) is 82.5 Å². The number of piperidine rings is 1. The van der Waals surface area contributed by atoms with Gasteiger partial charge in [-0.05, 0) is 62.5 Å². The Balaban J connectivity index is 1.32. The van der Waals surface area contributed by atoms with Gasteiger partial charge in [-0.25, -0.2) is 9.78 Å². The number of rotatable bonds is 8. The molecule has 0 spiro atoms. The number of nitrogens with one attached hydrogen (secondary N) is 3. The number of carbonyl (C=O) groups is 2. The quantitative estimate of drug-likeness (QED) is 0.259. The number of aryl methyl sites for hydroxylation is 1. The first-order valence-corrected chi connectivity index (χ1v) is 14.7. The molecular weight excluding hydrogens is 520 g/mol. The number of thiazole rings is 1.